The maximum atomic E-state index is 5.57. The number of hydrogen-bond acceptors (Lipinski definition) is 5. The summed E-state index contributed by atoms with van der Waals surface area (Å²) in [4.78, 5) is 4.54. The van der Waals surface area contributed by atoms with Gasteiger partial charge in [-0.05, 0) is 23.8 Å². The molecule has 0 spiro atoms. The van der Waals surface area contributed by atoms with E-state index in [2.05, 4.69) is 29.2 Å². The van der Waals surface area contributed by atoms with Crippen molar-refractivity contribution in [2.75, 3.05) is 14.2 Å². The van der Waals surface area contributed by atoms with Gasteiger partial charge in [-0.3, -0.25) is 4.98 Å². The lowest BCUT2D eigenvalue weighted by molar-refractivity contribution is 0.397. The summed E-state index contributed by atoms with van der Waals surface area (Å²) in [6.07, 6.45) is 1.99. The van der Waals surface area contributed by atoms with Gasteiger partial charge >= 0.3 is 0 Å². The Hall–Kier alpha value is -1.33. The van der Waals surface area contributed by atoms with Gasteiger partial charge in [-0.25, -0.2) is 0 Å². The highest BCUT2D eigenvalue weighted by molar-refractivity contribution is 7.98. The summed E-state index contributed by atoms with van der Waals surface area (Å²) in [7, 11) is 3.47. The first-order chi connectivity index (χ1) is 10.8. The standard InChI is InChI=1S/C17H19NO2S2/c1-19-16-6-14-10-22-11-15-4-3-12(7-18-15)8-21-9-13(16)5-17(14)20-2/h3-7H,8-11H2,1-2H3. The molecule has 6 rings (SSSR count). The Morgan fingerprint density at radius 2 is 1.50 bits per heavy atom. The normalized spacial score (nSPS) is 14.6. The largest absolute Gasteiger partial charge is 0.496 e. The molecule has 2 aromatic rings. The second kappa shape index (κ2) is 7.29. The van der Waals surface area contributed by atoms with Crippen LogP contribution in [0.25, 0.3) is 0 Å². The van der Waals surface area contributed by atoms with Crippen LogP contribution in [0.15, 0.2) is 30.5 Å². The van der Waals surface area contributed by atoms with Crippen molar-refractivity contribution in [2.24, 2.45) is 0 Å². The van der Waals surface area contributed by atoms with E-state index in [0.717, 1.165) is 40.2 Å². The van der Waals surface area contributed by atoms with Crippen molar-refractivity contribution in [3.8, 4) is 11.5 Å². The van der Waals surface area contributed by atoms with Crippen molar-refractivity contribution in [3.63, 3.8) is 0 Å². The summed E-state index contributed by atoms with van der Waals surface area (Å²) >= 11 is 3.71. The van der Waals surface area contributed by atoms with E-state index in [4.69, 9.17) is 9.47 Å². The molecule has 4 bridgehead atoms. The van der Waals surface area contributed by atoms with Gasteiger partial charge < -0.3 is 9.47 Å². The highest BCUT2D eigenvalue weighted by Gasteiger charge is 2.12. The number of benzene rings is 1. The molecule has 0 saturated carbocycles. The van der Waals surface area contributed by atoms with Crippen LogP contribution in [0.1, 0.15) is 22.4 Å². The Balaban J connectivity index is 1.94. The van der Waals surface area contributed by atoms with Gasteiger partial charge in [0.1, 0.15) is 11.5 Å². The van der Waals surface area contributed by atoms with Gasteiger partial charge in [0, 0.05) is 40.3 Å². The average molecular weight is 333 g/mol. The van der Waals surface area contributed by atoms with Crippen LogP contribution in [0.5, 0.6) is 11.5 Å². The minimum Gasteiger partial charge on any atom is -0.496 e. The molecule has 22 heavy (non-hydrogen) atoms. The van der Waals surface area contributed by atoms with Crippen LogP contribution in [0.2, 0.25) is 0 Å². The highest BCUT2D eigenvalue weighted by Crippen LogP contribution is 2.34. The molecule has 0 atom stereocenters. The molecular formula is C17H19NO2S2. The molecule has 4 aliphatic rings. The predicted octanol–water partition coefficient (Wildman–Crippen LogP) is 4.28. The van der Waals surface area contributed by atoms with Crippen molar-refractivity contribution in [3.05, 3.63) is 52.8 Å². The van der Waals surface area contributed by atoms with Crippen LogP contribution in [-0.2, 0) is 23.0 Å². The third kappa shape index (κ3) is 3.52. The number of rotatable bonds is 2. The number of aromatic nitrogens is 1. The molecular weight excluding hydrogens is 314 g/mol. The molecule has 0 N–H and O–H groups in total. The fourth-order valence-electron chi connectivity index (χ4n) is 2.42. The SMILES string of the molecule is COc1cc2c(OC)cc1CSCc1ccc(nc1)CSC2. The number of pyridine rings is 1. The molecule has 4 aliphatic heterocycles. The average Bonchev–Trinajstić information content (AvgIpc) is 2.56. The minimum absolute atomic E-state index is 0.885. The topological polar surface area (TPSA) is 31.4 Å². The second-order valence-electron chi connectivity index (χ2n) is 5.12. The smallest absolute Gasteiger partial charge is 0.123 e. The molecule has 0 saturated heterocycles. The van der Waals surface area contributed by atoms with E-state index in [0.29, 0.717) is 0 Å². The quantitative estimate of drug-likeness (QED) is 0.819. The van der Waals surface area contributed by atoms with Crippen LogP contribution in [-0.4, -0.2) is 19.2 Å². The zero-order valence-corrected chi connectivity index (χ0v) is 14.4. The predicted molar refractivity (Wildman–Crippen MR) is 93.8 cm³/mol. The van der Waals surface area contributed by atoms with Gasteiger partial charge in [0.25, 0.3) is 0 Å². The summed E-state index contributed by atoms with van der Waals surface area (Å²) < 4.78 is 11.1. The molecule has 5 heteroatoms. The Kier molecular flexibility index (Phi) is 5.16. The number of thioether (sulfide) groups is 2. The number of ether oxygens (including phenoxy) is 2. The van der Waals surface area contributed by atoms with Crippen molar-refractivity contribution in [1.82, 2.24) is 4.98 Å². The third-order valence-electron chi connectivity index (χ3n) is 3.60. The van der Waals surface area contributed by atoms with E-state index < -0.39 is 0 Å². The first-order valence-electron chi connectivity index (χ1n) is 7.13. The van der Waals surface area contributed by atoms with Crippen LogP contribution >= 0.6 is 23.5 Å². The molecule has 0 unspecified atom stereocenters. The Bertz CT molecular complexity index is 587. The van der Waals surface area contributed by atoms with Gasteiger partial charge in [-0.1, -0.05) is 6.07 Å². The summed E-state index contributed by atoms with van der Waals surface area (Å²) in [5.74, 6) is 5.54. The fraction of sp³-hybridized carbons (Fsp3) is 0.353. The lowest BCUT2D eigenvalue weighted by Gasteiger charge is -2.15. The summed E-state index contributed by atoms with van der Waals surface area (Å²) in [5, 5.41) is 0. The Labute approximate surface area is 139 Å². The maximum absolute atomic E-state index is 5.57. The van der Waals surface area contributed by atoms with Gasteiger partial charge in [0.05, 0.1) is 19.9 Å². The van der Waals surface area contributed by atoms with E-state index in [-0.39, 0.29) is 0 Å². The monoisotopic (exact) mass is 333 g/mol. The van der Waals surface area contributed by atoms with Crippen molar-refractivity contribution >= 4 is 23.5 Å². The van der Waals surface area contributed by atoms with Crippen molar-refractivity contribution in [1.29, 1.82) is 0 Å². The van der Waals surface area contributed by atoms with Crippen molar-refractivity contribution in [2.45, 2.75) is 23.0 Å². The van der Waals surface area contributed by atoms with Crippen LogP contribution in [0.3, 0.4) is 0 Å². The van der Waals surface area contributed by atoms with Gasteiger partial charge in [-0.15, -0.1) is 0 Å². The molecule has 5 heterocycles. The van der Waals surface area contributed by atoms with Crippen LogP contribution in [0, 0.1) is 0 Å². The van der Waals surface area contributed by atoms with Crippen LogP contribution < -0.4 is 9.47 Å². The first-order valence-corrected chi connectivity index (χ1v) is 9.44. The van der Waals surface area contributed by atoms with Gasteiger partial charge in [0.15, 0.2) is 0 Å². The summed E-state index contributed by atoms with van der Waals surface area (Å²) in [6.45, 7) is 0. The molecule has 0 aliphatic carbocycles. The summed E-state index contributed by atoms with van der Waals surface area (Å²) in [5.41, 5.74) is 4.74. The number of nitrogens with zero attached hydrogens (tertiary/aromatic N) is 1. The van der Waals surface area contributed by atoms with Gasteiger partial charge in [0.2, 0.25) is 0 Å². The first kappa shape index (κ1) is 15.6. The van der Waals surface area contributed by atoms with E-state index >= 15 is 0 Å². The second-order valence-corrected chi connectivity index (χ2v) is 7.09. The number of methoxy groups -OCH3 is 2. The molecule has 0 amide bonds. The van der Waals surface area contributed by atoms with E-state index in [1.807, 2.05) is 29.7 Å². The zero-order valence-electron chi connectivity index (χ0n) is 12.8. The minimum atomic E-state index is 0.885. The lowest BCUT2D eigenvalue weighted by atomic mass is 10.1. The molecule has 3 nitrogen and oxygen atoms in total. The number of hydrogen-bond donors (Lipinski definition) is 0. The van der Waals surface area contributed by atoms with E-state index in [1.54, 1.807) is 14.2 Å². The van der Waals surface area contributed by atoms with Gasteiger partial charge in [-0.2, -0.15) is 23.5 Å². The molecule has 1 aromatic heterocycles. The fourth-order valence-corrected chi connectivity index (χ4v) is 4.30. The van der Waals surface area contributed by atoms with Crippen LogP contribution in [0.4, 0.5) is 0 Å². The van der Waals surface area contributed by atoms with E-state index in [9.17, 15) is 0 Å². The van der Waals surface area contributed by atoms with E-state index in [1.165, 1.54) is 16.7 Å². The highest BCUT2D eigenvalue weighted by atomic mass is 32.2. The molecule has 1 aromatic carbocycles. The summed E-state index contributed by atoms with van der Waals surface area (Å²) in [6, 6.07) is 8.55. The Morgan fingerprint density at radius 3 is 2.05 bits per heavy atom. The maximum Gasteiger partial charge on any atom is 0.123 e. The Morgan fingerprint density at radius 1 is 0.864 bits per heavy atom. The lowest BCUT2D eigenvalue weighted by Crippen LogP contribution is -1.99. The molecule has 0 fully saturated rings. The zero-order chi connectivity index (χ0) is 15.4. The molecule has 116 valence electrons. The van der Waals surface area contributed by atoms with Crippen molar-refractivity contribution < 1.29 is 9.47 Å². The third-order valence-corrected chi connectivity index (χ3v) is 5.67. The molecule has 0 radical (unpaired) electrons.